The van der Waals surface area contributed by atoms with Gasteiger partial charge in [-0.15, -0.1) is 0 Å². The van der Waals surface area contributed by atoms with Crippen LogP contribution >= 0.6 is 15.9 Å². The molecule has 23 heavy (non-hydrogen) atoms. The molecule has 0 aromatic heterocycles. The van der Waals surface area contributed by atoms with Crippen LogP contribution in [0.3, 0.4) is 0 Å². The second-order valence-electron chi connectivity index (χ2n) is 5.18. The molecule has 0 fully saturated rings. The van der Waals surface area contributed by atoms with Gasteiger partial charge in [0.15, 0.2) is 12.4 Å². The number of hydrogen-bond donors (Lipinski definition) is 1. The number of halogens is 1. The molecule has 0 saturated carbocycles. The first-order valence-electron chi connectivity index (χ1n) is 7.25. The highest BCUT2D eigenvalue weighted by Crippen LogP contribution is 2.22. The lowest BCUT2D eigenvalue weighted by Gasteiger charge is -2.16. The van der Waals surface area contributed by atoms with Crippen LogP contribution in [0.2, 0.25) is 0 Å². The van der Waals surface area contributed by atoms with Gasteiger partial charge in [-0.05, 0) is 37.6 Å². The van der Waals surface area contributed by atoms with Gasteiger partial charge in [-0.2, -0.15) is 0 Å². The Hall–Kier alpha value is -2.14. The SMILES string of the molecule is CC(=O)c1cccc(OCC(=O)N[C@H](C)c2ccccc2Br)c1. The minimum atomic E-state index is -0.221. The first-order chi connectivity index (χ1) is 11.0. The number of carbonyl (C=O) groups excluding carboxylic acids is 2. The smallest absolute Gasteiger partial charge is 0.258 e. The molecule has 2 rings (SSSR count). The van der Waals surface area contributed by atoms with Gasteiger partial charge in [-0.25, -0.2) is 0 Å². The van der Waals surface area contributed by atoms with Crippen molar-refractivity contribution in [2.75, 3.05) is 6.61 Å². The summed E-state index contributed by atoms with van der Waals surface area (Å²) in [6.45, 7) is 3.30. The van der Waals surface area contributed by atoms with E-state index in [2.05, 4.69) is 21.2 Å². The van der Waals surface area contributed by atoms with Crippen molar-refractivity contribution in [1.82, 2.24) is 5.32 Å². The summed E-state index contributed by atoms with van der Waals surface area (Å²) in [5.41, 5.74) is 1.56. The van der Waals surface area contributed by atoms with Crippen molar-refractivity contribution in [2.45, 2.75) is 19.9 Å². The molecule has 2 aromatic carbocycles. The van der Waals surface area contributed by atoms with Crippen LogP contribution in [0, 0.1) is 0 Å². The van der Waals surface area contributed by atoms with Crippen molar-refractivity contribution in [1.29, 1.82) is 0 Å². The van der Waals surface area contributed by atoms with Crippen LogP contribution in [0.5, 0.6) is 5.75 Å². The fourth-order valence-electron chi connectivity index (χ4n) is 2.14. The minimum absolute atomic E-state index is 0.0394. The number of carbonyl (C=O) groups is 2. The molecule has 4 nitrogen and oxygen atoms in total. The third-order valence-electron chi connectivity index (χ3n) is 3.36. The van der Waals surface area contributed by atoms with Gasteiger partial charge in [0.1, 0.15) is 5.75 Å². The Morgan fingerprint density at radius 1 is 1.17 bits per heavy atom. The fraction of sp³-hybridized carbons (Fsp3) is 0.222. The molecular formula is C18H18BrNO3. The second kappa shape index (κ2) is 7.92. The number of Topliss-reactive ketones (excluding diaryl/α,β-unsaturated/α-hetero) is 1. The molecule has 2 aromatic rings. The molecule has 0 aliphatic rings. The van der Waals surface area contributed by atoms with Crippen molar-refractivity contribution in [3.05, 3.63) is 64.1 Å². The van der Waals surface area contributed by atoms with E-state index in [1.807, 2.05) is 31.2 Å². The summed E-state index contributed by atoms with van der Waals surface area (Å²) >= 11 is 3.47. The second-order valence-corrected chi connectivity index (χ2v) is 6.04. The predicted octanol–water partition coefficient (Wildman–Crippen LogP) is 3.91. The zero-order valence-electron chi connectivity index (χ0n) is 13.0. The van der Waals surface area contributed by atoms with Crippen molar-refractivity contribution >= 4 is 27.6 Å². The summed E-state index contributed by atoms with van der Waals surface area (Å²) < 4.78 is 6.40. The summed E-state index contributed by atoms with van der Waals surface area (Å²) in [6, 6.07) is 14.4. The van der Waals surface area contributed by atoms with Crippen LogP contribution in [-0.2, 0) is 4.79 Å². The normalized spacial score (nSPS) is 11.6. The molecular weight excluding hydrogens is 358 g/mol. The number of nitrogens with one attached hydrogen (secondary N) is 1. The Kier molecular flexibility index (Phi) is 5.93. The fourth-order valence-corrected chi connectivity index (χ4v) is 2.77. The maximum atomic E-state index is 12.0. The van der Waals surface area contributed by atoms with Gasteiger partial charge in [0.25, 0.3) is 5.91 Å². The summed E-state index contributed by atoms with van der Waals surface area (Å²) in [7, 11) is 0. The topological polar surface area (TPSA) is 55.4 Å². The lowest BCUT2D eigenvalue weighted by Crippen LogP contribution is -2.31. The maximum Gasteiger partial charge on any atom is 0.258 e. The van der Waals surface area contributed by atoms with Crippen LogP contribution in [0.1, 0.15) is 35.8 Å². The summed E-state index contributed by atoms with van der Waals surface area (Å²) in [5, 5.41) is 2.88. The largest absolute Gasteiger partial charge is 0.484 e. The maximum absolute atomic E-state index is 12.0. The zero-order valence-corrected chi connectivity index (χ0v) is 14.6. The molecule has 0 aliphatic carbocycles. The van der Waals surface area contributed by atoms with Gasteiger partial charge in [0.05, 0.1) is 6.04 Å². The summed E-state index contributed by atoms with van der Waals surface area (Å²) in [4.78, 5) is 23.3. The van der Waals surface area contributed by atoms with E-state index in [0.29, 0.717) is 11.3 Å². The average molecular weight is 376 g/mol. The molecule has 1 atom stereocenters. The van der Waals surface area contributed by atoms with E-state index in [-0.39, 0.29) is 24.3 Å². The number of ketones is 1. The van der Waals surface area contributed by atoms with Gasteiger partial charge >= 0.3 is 0 Å². The minimum Gasteiger partial charge on any atom is -0.484 e. The van der Waals surface area contributed by atoms with E-state index in [1.165, 1.54) is 6.92 Å². The lowest BCUT2D eigenvalue weighted by molar-refractivity contribution is -0.123. The van der Waals surface area contributed by atoms with E-state index in [0.717, 1.165) is 10.0 Å². The Balaban J connectivity index is 1.91. The highest BCUT2D eigenvalue weighted by atomic mass is 79.9. The summed E-state index contributed by atoms with van der Waals surface area (Å²) in [6.07, 6.45) is 0. The molecule has 0 heterocycles. The molecule has 0 saturated heterocycles. The Labute approximate surface area is 144 Å². The lowest BCUT2D eigenvalue weighted by atomic mass is 10.1. The third-order valence-corrected chi connectivity index (χ3v) is 4.08. The van der Waals surface area contributed by atoms with Crippen LogP contribution in [0.25, 0.3) is 0 Å². The summed E-state index contributed by atoms with van der Waals surface area (Å²) in [5.74, 6) is 0.241. The number of ether oxygens (including phenoxy) is 1. The van der Waals surface area contributed by atoms with E-state index < -0.39 is 0 Å². The molecule has 5 heteroatoms. The first-order valence-corrected chi connectivity index (χ1v) is 8.04. The Bertz CT molecular complexity index is 715. The van der Waals surface area contributed by atoms with E-state index in [1.54, 1.807) is 24.3 Å². The molecule has 0 bridgehead atoms. The van der Waals surface area contributed by atoms with Crippen molar-refractivity contribution in [3.63, 3.8) is 0 Å². The highest BCUT2D eigenvalue weighted by molar-refractivity contribution is 9.10. The Morgan fingerprint density at radius 2 is 1.91 bits per heavy atom. The first kappa shape index (κ1) is 17.2. The average Bonchev–Trinajstić information content (AvgIpc) is 2.53. The third kappa shape index (κ3) is 4.93. The Morgan fingerprint density at radius 3 is 2.61 bits per heavy atom. The number of rotatable bonds is 6. The highest BCUT2D eigenvalue weighted by Gasteiger charge is 2.12. The molecule has 1 N–H and O–H groups in total. The van der Waals surface area contributed by atoms with Gasteiger partial charge in [0.2, 0.25) is 0 Å². The van der Waals surface area contributed by atoms with E-state index in [4.69, 9.17) is 4.74 Å². The van der Waals surface area contributed by atoms with Crippen LogP contribution in [-0.4, -0.2) is 18.3 Å². The monoisotopic (exact) mass is 375 g/mol. The van der Waals surface area contributed by atoms with Gasteiger partial charge in [-0.1, -0.05) is 46.3 Å². The molecule has 0 aliphatic heterocycles. The number of amides is 1. The van der Waals surface area contributed by atoms with Gasteiger partial charge < -0.3 is 10.1 Å². The van der Waals surface area contributed by atoms with Crippen LogP contribution in [0.4, 0.5) is 0 Å². The number of benzene rings is 2. The molecule has 1 amide bonds. The molecule has 0 spiro atoms. The zero-order chi connectivity index (χ0) is 16.8. The molecule has 120 valence electrons. The van der Waals surface area contributed by atoms with Crippen molar-refractivity contribution in [2.24, 2.45) is 0 Å². The van der Waals surface area contributed by atoms with Crippen molar-refractivity contribution in [3.8, 4) is 5.75 Å². The van der Waals surface area contributed by atoms with Crippen LogP contribution < -0.4 is 10.1 Å². The van der Waals surface area contributed by atoms with Crippen LogP contribution in [0.15, 0.2) is 53.0 Å². The number of hydrogen-bond acceptors (Lipinski definition) is 3. The predicted molar refractivity (Wildman–Crippen MR) is 92.6 cm³/mol. The quantitative estimate of drug-likeness (QED) is 0.778. The standard InChI is InChI=1S/C18H18BrNO3/c1-12(16-8-3-4-9-17(16)19)20-18(22)11-23-15-7-5-6-14(10-15)13(2)21/h3-10,12H,11H2,1-2H3,(H,20,22)/t12-/m1/s1. The molecule has 0 radical (unpaired) electrons. The molecule has 0 unspecified atom stereocenters. The van der Waals surface area contributed by atoms with E-state index >= 15 is 0 Å². The van der Waals surface area contributed by atoms with Gasteiger partial charge in [-0.3, -0.25) is 9.59 Å². The van der Waals surface area contributed by atoms with Crippen molar-refractivity contribution < 1.29 is 14.3 Å². The van der Waals surface area contributed by atoms with Gasteiger partial charge in [0, 0.05) is 10.0 Å². The van der Waals surface area contributed by atoms with E-state index in [9.17, 15) is 9.59 Å².